The van der Waals surface area contributed by atoms with E-state index >= 15 is 0 Å². The molecular formula is C15H25N3O2. The van der Waals surface area contributed by atoms with Gasteiger partial charge in [-0.25, -0.2) is 0 Å². The van der Waals surface area contributed by atoms with Gasteiger partial charge in [-0.2, -0.15) is 0 Å². The summed E-state index contributed by atoms with van der Waals surface area (Å²) >= 11 is 0. The first-order chi connectivity index (χ1) is 9.88. The fourth-order valence-corrected chi connectivity index (χ4v) is 2.42. The minimum Gasteiger partial charge on any atom is -0.395 e. The summed E-state index contributed by atoms with van der Waals surface area (Å²) < 4.78 is 5.36. The molecule has 20 heavy (non-hydrogen) atoms. The number of aromatic nitrogens is 1. The monoisotopic (exact) mass is 279 g/mol. The largest absolute Gasteiger partial charge is 0.395 e. The number of morpholine rings is 1. The van der Waals surface area contributed by atoms with E-state index in [1.165, 1.54) is 5.56 Å². The summed E-state index contributed by atoms with van der Waals surface area (Å²) in [5.74, 6) is 0. The number of aliphatic hydroxyl groups is 1. The van der Waals surface area contributed by atoms with Crippen molar-refractivity contribution >= 4 is 0 Å². The number of hydrogen-bond donors (Lipinski definition) is 1. The first kappa shape index (κ1) is 15.4. The van der Waals surface area contributed by atoms with E-state index in [1.807, 2.05) is 12.4 Å². The summed E-state index contributed by atoms with van der Waals surface area (Å²) in [5, 5.41) is 9.19. The maximum atomic E-state index is 9.19. The minimum absolute atomic E-state index is 0.222. The van der Waals surface area contributed by atoms with Gasteiger partial charge in [-0.05, 0) is 24.1 Å². The third-order valence-corrected chi connectivity index (χ3v) is 3.72. The maximum absolute atomic E-state index is 9.19. The lowest BCUT2D eigenvalue weighted by molar-refractivity contribution is 0.0326. The second-order valence-corrected chi connectivity index (χ2v) is 5.12. The number of nitrogens with zero attached hydrogens (tertiary/aromatic N) is 3. The van der Waals surface area contributed by atoms with Gasteiger partial charge >= 0.3 is 0 Å². The second-order valence-electron chi connectivity index (χ2n) is 5.12. The fourth-order valence-electron chi connectivity index (χ4n) is 2.42. The molecular weight excluding hydrogens is 254 g/mol. The van der Waals surface area contributed by atoms with Gasteiger partial charge in [0.15, 0.2) is 0 Å². The Labute approximate surface area is 121 Å². The summed E-state index contributed by atoms with van der Waals surface area (Å²) in [6, 6.07) is 4.11. The molecule has 0 bridgehead atoms. The molecule has 0 aliphatic carbocycles. The third-order valence-electron chi connectivity index (χ3n) is 3.72. The molecule has 5 nitrogen and oxygen atoms in total. The van der Waals surface area contributed by atoms with Crippen LogP contribution in [0.4, 0.5) is 0 Å². The lowest BCUT2D eigenvalue weighted by Gasteiger charge is -2.29. The van der Waals surface area contributed by atoms with Crippen LogP contribution < -0.4 is 0 Å². The highest BCUT2D eigenvalue weighted by atomic mass is 16.5. The van der Waals surface area contributed by atoms with E-state index in [4.69, 9.17) is 4.74 Å². The molecule has 2 rings (SSSR count). The molecule has 0 spiro atoms. The lowest BCUT2D eigenvalue weighted by atomic mass is 10.2. The lowest BCUT2D eigenvalue weighted by Crippen LogP contribution is -2.42. The molecule has 2 heterocycles. The quantitative estimate of drug-likeness (QED) is 0.739. The smallest absolute Gasteiger partial charge is 0.0594 e. The highest BCUT2D eigenvalue weighted by Crippen LogP contribution is 2.02. The Balaban J connectivity index is 1.71. The molecule has 1 aliphatic rings. The van der Waals surface area contributed by atoms with Crippen LogP contribution in [0, 0.1) is 0 Å². The molecule has 0 amide bonds. The second kappa shape index (κ2) is 9.02. The van der Waals surface area contributed by atoms with Crippen LogP contribution in [0.25, 0.3) is 0 Å². The van der Waals surface area contributed by atoms with Gasteiger partial charge in [0.05, 0.1) is 19.8 Å². The van der Waals surface area contributed by atoms with Gasteiger partial charge in [-0.1, -0.05) is 0 Å². The van der Waals surface area contributed by atoms with Crippen LogP contribution in [-0.4, -0.2) is 79.0 Å². The molecule has 0 saturated carbocycles. The van der Waals surface area contributed by atoms with E-state index in [9.17, 15) is 5.11 Å². The van der Waals surface area contributed by atoms with Gasteiger partial charge in [-0.3, -0.25) is 14.8 Å². The van der Waals surface area contributed by atoms with E-state index in [-0.39, 0.29) is 6.61 Å². The van der Waals surface area contributed by atoms with E-state index in [0.717, 1.165) is 58.9 Å². The van der Waals surface area contributed by atoms with E-state index < -0.39 is 0 Å². The topological polar surface area (TPSA) is 48.8 Å². The Morgan fingerprint density at radius 2 is 1.90 bits per heavy atom. The molecule has 5 heteroatoms. The highest BCUT2D eigenvalue weighted by molar-refractivity contribution is 5.09. The normalized spacial score (nSPS) is 16.7. The first-order valence-electron chi connectivity index (χ1n) is 7.40. The van der Waals surface area contributed by atoms with E-state index in [0.29, 0.717) is 0 Å². The van der Waals surface area contributed by atoms with Crippen molar-refractivity contribution in [3.05, 3.63) is 30.1 Å². The first-order valence-corrected chi connectivity index (χ1v) is 7.40. The molecule has 0 aromatic carbocycles. The zero-order chi connectivity index (χ0) is 14.0. The van der Waals surface area contributed by atoms with Crippen molar-refractivity contribution < 1.29 is 9.84 Å². The Kier molecular flexibility index (Phi) is 6.94. The Morgan fingerprint density at radius 1 is 1.15 bits per heavy atom. The van der Waals surface area contributed by atoms with Crippen molar-refractivity contribution in [1.29, 1.82) is 0 Å². The van der Waals surface area contributed by atoms with Crippen LogP contribution in [0.5, 0.6) is 0 Å². The third kappa shape index (κ3) is 5.54. The zero-order valence-electron chi connectivity index (χ0n) is 12.1. The molecule has 1 aromatic heterocycles. The summed E-state index contributed by atoms with van der Waals surface area (Å²) in [6.45, 7) is 7.75. The molecule has 0 unspecified atom stereocenters. The fraction of sp³-hybridized carbons (Fsp3) is 0.667. The SMILES string of the molecule is OCCN(CCc1ccncc1)CCN1CCOCC1. The number of ether oxygens (including phenoxy) is 1. The standard InChI is InChI=1S/C15H25N3O2/c19-12-9-17(6-3-15-1-4-16-5-2-15)7-8-18-10-13-20-14-11-18/h1-2,4-5,19H,3,6-14H2. The van der Waals surface area contributed by atoms with Crippen molar-refractivity contribution in [3.8, 4) is 0 Å². The van der Waals surface area contributed by atoms with E-state index in [1.54, 1.807) is 0 Å². The number of rotatable bonds is 8. The van der Waals surface area contributed by atoms with Crippen LogP contribution in [0.3, 0.4) is 0 Å². The molecule has 112 valence electrons. The van der Waals surface area contributed by atoms with Crippen molar-refractivity contribution in [2.24, 2.45) is 0 Å². The Morgan fingerprint density at radius 3 is 2.60 bits per heavy atom. The molecule has 1 aliphatic heterocycles. The Bertz CT molecular complexity index is 355. The van der Waals surface area contributed by atoms with Crippen molar-refractivity contribution in [2.75, 3.05) is 59.1 Å². The predicted octanol–water partition coefficient (Wildman–Crippen LogP) is 0.251. The van der Waals surface area contributed by atoms with Crippen LogP contribution in [-0.2, 0) is 11.2 Å². The van der Waals surface area contributed by atoms with Crippen molar-refractivity contribution in [3.63, 3.8) is 0 Å². The number of hydrogen-bond acceptors (Lipinski definition) is 5. The summed E-state index contributed by atoms with van der Waals surface area (Å²) in [7, 11) is 0. The maximum Gasteiger partial charge on any atom is 0.0594 e. The summed E-state index contributed by atoms with van der Waals surface area (Å²) in [6.07, 6.45) is 4.67. The van der Waals surface area contributed by atoms with Crippen LogP contribution in [0.2, 0.25) is 0 Å². The average molecular weight is 279 g/mol. The summed E-state index contributed by atoms with van der Waals surface area (Å²) in [5.41, 5.74) is 1.30. The van der Waals surface area contributed by atoms with Crippen molar-refractivity contribution in [1.82, 2.24) is 14.8 Å². The van der Waals surface area contributed by atoms with Gasteiger partial charge < -0.3 is 9.84 Å². The van der Waals surface area contributed by atoms with Gasteiger partial charge in [0, 0.05) is 51.7 Å². The molecule has 1 fully saturated rings. The van der Waals surface area contributed by atoms with Crippen LogP contribution in [0.1, 0.15) is 5.56 Å². The van der Waals surface area contributed by atoms with Gasteiger partial charge in [0.1, 0.15) is 0 Å². The minimum atomic E-state index is 0.222. The van der Waals surface area contributed by atoms with Gasteiger partial charge in [-0.15, -0.1) is 0 Å². The van der Waals surface area contributed by atoms with E-state index in [2.05, 4.69) is 26.9 Å². The zero-order valence-corrected chi connectivity index (χ0v) is 12.1. The van der Waals surface area contributed by atoms with Crippen LogP contribution in [0.15, 0.2) is 24.5 Å². The molecule has 1 aromatic rings. The molecule has 1 saturated heterocycles. The molecule has 0 radical (unpaired) electrons. The Hall–Kier alpha value is -1.01. The predicted molar refractivity (Wildman–Crippen MR) is 78.7 cm³/mol. The van der Waals surface area contributed by atoms with Gasteiger partial charge in [0.25, 0.3) is 0 Å². The highest BCUT2D eigenvalue weighted by Gasteiger charge is 2.12. The summed E-state index contributed by atoms with van der Waals surface area (Å²) in [4.78, 5) is 8.79. The molecule has 0 atom stereocenters. The van der Waals surface area contributed by atoms with Gasteiger partial charge in [0.2, 0.25) is 0 Å². The number of pyridine rings is 1. The number of aliphatic hydroxyl groups excluding tert-OH is 1. The van der Waals surface area contributed by atoms with Crippen molar-refractivity contribution in [2.45, 2.75) is 6.42 Å². The van der Waals surface area contributed by atoms with Crippen LogP contribution >= 0.6 is 0 Å². The average Bonchev–Trinajstić information content (AvgIpc) is 2.52. The molecule has 1 N–H and O–H groups in total.